The van der Waals surface area contributed by atoms with Crippen LogP contribution in [0, 0.1) is 83.5 Å². The lowest BCUT2D eigenvalue weighted by atomic mass is 9.85. The minimum Gasteiger partial charge on any atom is -0.457 e. The third-order valence-electron chi connectivity index (χ3n) is 8.83. The molecule has 24 heteroatoms. The predicted octanol–water partition coefficient (Wildman–Crippen LogP) is 5.61. The van der Waals surface area contributed by atoms with Gasteiger partial charge >= 0.3 is 29.4 Å². The Bertz CT molecular complexity index is 2150. The first kappa shape index (κ1) is 64.0. The third-order valence-corrected chi connectivity index (χ3v) is 10.9. The number of esters is 1. The summed E-state index contributed by atoms with van der Waals surface area (Å²) in [7, 11) is -16.4. The van der Waals surface area contributed by atoms with Crippen LogP contribution in [0.15, 0.2) is 0 Å². The van der Waals surface area contributed by atoms with E-state index in [-0.39, 0.29) is 30.9 Å². The molecular formula is C44H88NO20P3. The van der Waals surface area contributed by atoms with Gasteiger partial charge in [-0.15, -0.1) is 6.42 Å². The molecule has 1 rings (SSSR count). The molecule has 10 N–H and O–H groups in total. The standard InChI is InChI=1S/C26H53O19P3.C18H9NO.13H2/c1-2-3-4-5-6-7-8-9-10-11-12-13-14-15-20(28)42-19(16-40-18-27)17-41-48(38,39)45-24-21(29)22(30)25(43-46(32,33)34)26(23(24)31)44-47(35,36)37;1-3-5-6-7-8-9-10-11-12-13-14-15-17-19-18(20)16-4-2;;;;;;;;;;;;;/h19,21-27,29-31H,2-18H2,1H3,(H,38,39)(H2,32,33,34)(H2,35,36,37);1H,4,16H2,2H3,(H,19,20);13*1H/t19-,21?,22+,23-,24?,25+,26?;;;;;;;;;;;;;;/m1............../s1. The van der Waals surface area contributed by atoms with Crippen molar-refractivity contribution in [1.82, 2.24) is 5.32 Å². The van der Waals surface area contributed by atoms with Gasteiger partial charge in [0.25, 0.3) is 0 Å². The zero-order valence-corrected chi connectivity index (χ0v) is 40.6. The zero-order valence-electron chi connectivity index (χ0n) is 37.9. The smallest absolute Gasteiger partial charge is 0.457 e. The number of aliphatic hydroxyl groups excluding tert-OH is 4. The van der Waals surface area contributed by atoms with Crippen LogP contribution in [-0.4, -0.2) is 120 Å². The maximum Gasteiger partial charge on any atom is 0.472 e. The van der Waals surface area contributed by atoms with Crippen molar-refractivity contribution in [3.8, 4) is 83.5 Å². The molecule has 0 aliphatic heterocycles. The van der Waals surface area contributed by atoms with Crippen LogP contribution in [0.5, 0.6) is 0 Å². The fraction of sp³-hybridized carbons (Fsp3) is 0.636. The van der Waals surface area contributed by atoms with Crippen LogP contribution in [0.2, 0.25) is 0 Å². The Labute approximate surface area is 417 Å². The molecule has 1 aliphatic rings. The summed E-state index contributed by atoms with van der Waals surface area (Å²) >= 11 is 0. The number of terminal acetylenes is 1. The molecule has 4 unspecified atom stereocenters. The highest BCUT2D eigenvalue weighted by molar-refractivity contribution is 7.47. The van der Waals surface area contributed by atoms with E-state index in [1.54, 1.807) is 0 Å². The predicted molar refractivity (Wildman–Crippen MR) is 272 cm³/mol. The molecule has 1 amide bonds. The van der Waals surface area contributed by atoms with Gasteiger partial charge in [0.05, 0.1) is 13.2 Å². The molecule has 0 heterocycles. The second-order valence-corrected chi connectivity index (χ2v) is 18.3. The number of amides is 1. The van der Waals surface area contributed by atoms with Gasteiger partial charge in [-0.3, -0.25) is 33.0 Å². The van der Waals surface area contributed by atoms with E-state index >= 15 is 0 Å². The van der Waals surface area contributed by atoms with Crippen molar-refractivity contribution in [2.45, 2.75) is 159 Å². The number of rotatable bonds is 29. The Morgan fingerprint density at radius 2 is 1.03 bits per heavy atom. The average Bonchev–Trinajstić information content (AvgIpc) is 3.26. The van der Waals surface area contributed by atoms with Crippen molar-refractivity contribution in [2.24, 2.45) is 0 Å². The molecule has 1 fully saturated rings. The molecule has 0 bridgehead atoms. The molecule has 404 valence electrons. The van der Waals surface area contributed by atoms with E-state index in [0.29, 0.717) is 12.8 Å². The van der Waals surface area contributed by atoms with E-state index in [4.69, 9.17) is 49.6 Å². The topological polar surface area (TPSA) is 335 Å². The first-order chi connectivity index (χ1) is 32.2. The second kappa shape index (κ2) is 37.8. The van der Waals surface area contributed by atoms with Gasteiger partial charge in [-0.25, -0.2) is 13.7 Å². The van der Waals surface area contributed by atoms with Gasteiger partial charge in [-0.2, -0.15) is 0 Å². The maximum atomic E-state index is 12.7. The summed E-state index contributed by atoms with van der Waals surface area (Å²) in [4.78, 5) is 70.1. The van der Waals surface area contributed by atoms with Crippen LogP contribution in [-0.2, 0) is 50.9 Å². The van der Waals surface area contributed by atoms with Gasteiger partial charge in [-0.05, 0) is 48.4 Å². The quantitative estimate of drug-likeness (QED) is 0.0109. The second-order valence-electron chi connectivity index (χ2n) is 14.5. The van der Waals surface area contributed by atoms with Gasteiger partial charge in [0.2, 0.25) is 5.91 Å². The van der Waals surface area contributed by atoms with Gasteiger partial charge in [0.15, 0.2) is 0 Å². The number of hydrogen-bond acceptors (Lipinski definition) is 15. The lowest BCUT2D eigenvalue weighted by molar-refractivity contribution is -0.213. The number of carbonyl (C=O) groups excluding carboxylic acids is 2. The highest BCUT2D eigenvalue weighted by atomic mass is 31.2. The van der Waals surface area contributed by atoms with Gasteiger partial charge in [0, 0.05) is 73.0 Å². The monoisotopic (exact) mass is 1040 g/mol. The third kappa shape index (κ3) is 34.3. The molecule has 21 nitrogen and oxygen atoms in total. The first-order valence-corrected chi connectivity index (χ1v) is 26.1. The summed E-state index contributed by atoms with van der Waals surface area (Å²) in [5.41, 5.74) is 0. The van der Waals surface area contributed by atoms with Gasteiger partial charge in [0.1, 0.15) is 49.5 Å². The summed E-state index contributed by atoms with van der Waals surface area (Å²) in [5, 5.41) is 42.6. The molecule has 8 atom stereocenters. The molecule has 1 aliphatic carbocycles. The van der Waals surface area contributed by atoms with Crippen LogP contribution < -0.4 is 5.32 Å². The molecular weight excluding hydrogens is 955 g/mol. The number of nitrogens with one attached hydrogen (secondary N) is 1. The van der Waals surface area contributed by atoms with E-state index in [2.05, 4.69) is 98.4 Å². The molecule has 1 saturated carbocycles. The number of phosphoric ester groups is 3. The molecule has 0 spiro atoms. The summed E-state index contributed by atoms with van der Waals surface area (Å²) in [6.45, 7) is 1.97. The lowest BCUT2D eigenvalue weighted by Gasteiger charge is -2.44. The van der Waals surface area contributed by atoms with Crippen molar-refractivity contribution < 1.29 is 114 Å². The first-order valence-electron chi connectivity index (χ1n) is 21.5. The van der Waals surface area contributed by atoms with Gasteiger partial charge in [-0.1, -0.05) is 90.9 Å². The van der Waals surface area contributed by atoms with Crippen LogP contribution in [0.4, 0.5) is 0 Å². The highest BCUT2D eigenvalue weighted by Gasteiger charge is 2.56. The van der Waals surface area contributed by atoms with Crippen LogP contribution >= 0.6 is 23.5 Å². The van der Waals surface area contributed by atoms with Crippen LogP contribution in [0.25, 0.3) is 0 Å². The molecule has 0 aromatic rings. The van der Waals surface area contributed by atoms with E-state index in [1.807, 2.05) is 6.92 Å². The Balaban J connectivity index is -0.0000000986. The summed E-state index contributed by atoms with van der Waals surface area (Å²) in [6.07, 6.45) is 4.43. The Morgan fingerprint density at radius 3 is 1.49 bits per heavy atom. The largest absolute Gasteiger partial charge is 0.472 e. The molecule has 0 radical (unpaired) electrons. The fourth-order valence-corrected chi connectivity index (χ4v) is 7.88. The molecule has 0 aromatic carbocycles. The summed E-state index contributed by atoms with van der Waals surface area (Å²) in [5.74, 6) is 28.1. The van der Waals surface area contributed by atoms with E-state index in [0.717, 1.165) is 32.1 Å². The van der Waals surface area contributed by atoms with E-state index in [1.165, 1.54) is 51.4 Å². The van der Waals surface area contributed by atoms with Crippen molar-refractivity contribution >= 4 is 35.3 Å². The Hall–Kier alpha value is -4.01. The SMILES string of the molecule is C#CC#CC#CC#CC#CC#CC#CNC(=O)CCC.CCCCCCCCCCCCCCCC(=O)O[C@H](COCO)COP(=O)(O)OC1C(O)[C@H](O)[C@H](OP(=O)(O)O)C(OP(=O)(O)O)[C@@H]1O.[HH].[HH].[HH].[HH].[HH].[HH].[HH].[HH].[HH].[HH].[HH].[HH].[HH]. The maximum absolute atomic E-state index is 12.7. The summed E-state index contributed by atoms with van der Waals surface area (Å²) < 4.78 is 63.4. The van der Waals surface area contributed by atoms with E-state index < -0.39 is 92.2 Å². The Kier molecular flexibility index (Phi) is 35.6. The molecule has 68 heavy (non-hydrogen) atoms. The normalized spacial score (nSPS) is 19.6. The highest BCUT2D eigenvalue weighted by Crippen LogP contribution is 2.51. The minimum atomic E-state index is -5.56. The fourth-order valence-electron chi connectivity index (χ4n) is 5.79. The minimum absolute atomic E-state index is 0. The Morgan fingerprint density at radius 1 is 0.588 bits per heavy atom. The lowest BCUT2D eigenvalue weighted by Crippen LogP contribution is -2.65. The zero-order chi connectivity index (χ0) is 51.3. The van der Waals surface area contributed by atoms with Crippen LogP contribution in [0.3, 0.4) is 0 Å². The number of ether oxygens (including phenoxy) is 2. The van der Waals surface area contributed by atoms with E-state index in [9.17, 15) is 43.5 Å². The summed E-state index contributed by atoms with van der Waals surface area (Å²) in [6, 6.07) is 2.42. The van der Waals surface area contributed by atoms with Crippen molar-refractivity contribution in [3.05, 3.63) is 0 Å². The number of hydrogen-bond donors (Lipinski definition) is 10. The number of phosphoric acid groups is 3. The molecule has 0 aromatic heterocycles. The van der Waals surface area contributed by atoms with Crippen LogP contribution in [0.1, 0.15) is 135 Å². The number of unbranched alkanes of at least 4 members (excludes halogenated alkanes) is 12. The van der Waals surface area contributed by atoms with Gasteiger partial charge < -0.3 is 54.4 Å². The van der Waals surface area contributed by atoms with Crippen molar-refractivity contribution in [3.63, 3.8) is 0 Å². The number of carbonyl (C=O) groups is 2. The van der Waals surface area contributed by atoms with Crippen molar-refractivity contribution in [1.29, 1.82) is 0 Å². The molecule has 0 saturated heterocycles. The number of aliphatic hydroxyl groups is 4. The average molecular weight is 1040 g/mol. The van der Waals surface area contributed by atoms with Crippen molar-refractivity contribution in [2.75, 3.05) is 20.0 Å².